The van der Waals surface area contributed by atoms with Crippen LogP contribution in [0.4, 0.5) is 5.82 Å². The number of aromatic nitrogens is 2. The number of rotatable bonds is 7. The lowest BCUT2D eigenvalue weighted by Crippen LogP contribution is -2.73. The number of hydrogen-bond donors (Lipinski definition) is 2. The van der Waals surface area contributed by atoms with Gasteiger partial charge in [0.25, 0.3) is 0 Å². The van der Waals surface area contributed by atoms with E-state index in [1.54, 1.807) is 17.4 Å². The molecule has 0 amide bonds. The van der Waals surface area contributed by atoms with Crippen LogP contribution in [0.25, 0.3) is 0 Å². The average molecular weight is 596 g/mol. The highest BCUT2D eigenvalue weighted by Crippen LogP contribution is 2.44. The molecule has 2 aromatic rings. The van der Waals surface area contributed by atoms with Crippen LogP contribution in [-0.4, -0.2) is 66.8 Å². The number of hydrogen-bond acceptors (Lipinski definition) is 8. The lowest BCUT2D eigenvalue weighted by Gasteiger charge is -2.59. The number of nitrogens with one attached hydrogen (secondary N) is 2. The third-order valence-corrected chi connectivity index (χ3v) is 11.5. The van der Waals surface area contributed by atoms with E-state index in [0.717, 1.165) is 55.0 Å². The summed E-state index contributed by atoms with van der Waals surface area (Å²) in [6, 6.07) is 4.79. The van der Waals surface area contributed by atoms with Crippen LogP contribution in [0.15, 0.2) is 24.5 Å². The minimum Gasteiger partial charge on any atom is -0.370 e. The van der Waals surface area contributed by atoms with E-state index in [1.807, 2.05) is 20.0 Å². The molecule has 212 valence electrons. The molecule has 0 aromatic carbocycles. The zero-order chi connectivity index (χ0) is 27.5. The van der Waals surface area contributed by atoms with E-state index in [2.05, 4.69) is 32.9 Å². The van der Waals surface area contributed by atoms with E-state index in [1.165, 1.54) is 0 Å². The van der Waals surface area contributed by atoms with Gasteiger partial charge < -0.3 is 9.64 Å². The third kappa shape index (κ3) is 5.07. The first-order chi connectivity index (χ1) is 18.6. The van der Waals surface area contributed by atoms with Gasteiger partial charge in [0.2, 0.25) is 10.0 Å². The molecule has 39 heavy (non-hydrogen) atoms. The molecule has 0 bridgehead atoms. The van der Waals surface area contributed by atoms with Crippen LogP contribution in [0.3, 0.4) is 0 Å². The highest BCUT2D eigenvalue weighted by molar-refractivity contribution is 7.89. The summed E-state index contributed by atoms with van der Waals surface area (Å²) < 4.78 is 32.3. The van der Waals surface area contributed by atoms with Crippen LogP contribution >= 0.6 is 23.2 Å². The predicted molar refractivity (Wildman–Crippen MR) is 152 cm³/mol. The molecule has 5 heterocycles. The highest BCUT2D eigenvalue weighted by atomic mass is 35.5. The van der Waals surface area contributed by atoms with Crippen LogP contribution in [0.2, 0.25) is 10.0 Å². The second-order valence-corrected chi connectivity index (χ2v) is 14.7. The van der Waals surface area contributed by atoms with Gasteiger partial charge in [0.05, 0.1) is 39.7 Å². The monoisotopic (exact) mass is 594 g/mol. The Balaban J connectivity index is 1.06. The van der Waals surface area contributed by atoms with Gasteiger partial charge in [0.15, 0.2) is 0 Å². The van der Waals surface area contributed by atoms with E-state index in [0.29, 0.717) is 35.1 Å². The first kappa shape index (κ1) is 27.6. The van der Waals surface area contributed by atoms with Gasteiger partial charge in [-0.25, -0.2) is 23.1 Å². The van der Waals surface area contributed by atoms with Crippen LogP contribution in [0.1, 0.15) is 62.1 Å². The van der Waals surface area contributed by atoms with Crippen molar-refractivity contribution in [2.45, 2.75) is 64.3 Å². The van der Waals surface area contributed by atoms with Crippen molar-refractivity contribution in [3.63, 3.8) is 0 Å². The molecule has 5 atom stereocenters. The Bertz CT molecular complexity index is 1330. The fourth-order valence-electron chi connectivity index (χ4n) is 6.75. The van der Waals surface area contributed by atoms with Crippen LogP contribution in [0.5, 0.6) is 0 Å². The summed E-state index contributed by atoms with van der Waals surface area (Å²) in [5.41, 5.74) is 9.81. The van der Waals surface area contributed by atoms with Crippen molar-refractivity contribution < 1.29 is 13.2 Å². The summed E-state index contributed by atoms with van der Waals surface area (Å²) >= 11 is 13.0. The zero-order valence-corrected chi connectivity index (χ0v) is 24.9. The lowest BCUT2D eigenvalue weighted by atomic mass is 9.74. The van der Waals surface area contributed by atoms with E-state index in [-0.39, 0.29) is 29.4 Å². The molecule has 1 aliphatic carbocycles. The number of fused-ring (bicyclic) bond motifs is 1. The first-order valence-electron chi connectivity index (χ1n) is 13.7. The normalized spacial score (nSPS) is 29.1. The zero-order valence-electron chi connectivity index (χ0n) is 22.5. The minimum absolute atomic E-state index is 0.0877. The fraction of sp³-hybridized carbons (Fsp3) is 0.630. The average Bonchev–Trinajstić information content (AvgIpc) is 3.28. The molecular formula is C27H36Cl2N6O3S. The van der Waals surface area contributed by atoms with Gasteiger partial charge >= 0.3 is 0 Å². The van der Waals surface area contributed by atoms with Gasteiger partial charge in [0, 0.05) is 55.6 Å². The Hall–Kier alpha value is -1.53. The molecule has 9 nitrogen and oxygen atoms in total. The summed E-state index contributed by atoms with van der Waals surface area (Å²) in [7, 11) is -3.08. The largest absolute Gasteiger partial charge is 0.370 e. The molecule has 4 unspecified atom stereocenters. The molecule has 3 aliphatic heterocycles. The Labute approximate surface area is 240 Å². The van der Waals surface area contributed by atoms with Crippen molar-refractivity contribution >= 4 is 39.0 Å². The number of halogens is 2. The number of ether oxygens (including phenoxy) is 1. The molecule has 2 N–H and O–H groups in total. The summed E-state index contributed by atoms with van der Waals surface area (Å²) in [6.07, 6.45) is 6.42. The molecule has 1 spiro atoms. The predicted octanol–water partition coefficient (Wildman–Crippen LogP) is 4.03. The Kier molecular flexibility index (Phi) is 7.36. The number of aryl methyl sites for hydroxylation is 1. The number of pyridine rings is 2. The van der Waals surface area contributed by atoms with Crippen molar-refractivity contribution in [3.8, 4) is 0 Å². The van der Waals surface area contributed by atoms with E-state index in [4.69, 9.17) is 32.9 Å². The second-order valence-electron chi connectivity index (χ2n) is 11.6. The van der Waals surface area contributed by atoms with Crippen molar-refractivity contribution in [2.24, 2.45) is 11.3 Å². The van der Waals surface area contributed by atoms with Crippen molar-refractivity contribution in [1.29, 1.82) is 0 Å². The molecule has 4 fully saturated rings. The molecular weight excluding hydrogens is 559 g/mol. The maximum Gasteiger partial charge on any atom is 0.213 e. The number of sulfonamides is 1. The highest BCUT2D eigenvalue weighted by Gasteiger charge is 2.55. The van der Waals surface area contributed by atoms with Crippen molar-refractivity contribution in [2.75, 3.05) is 36.8 Å². The van der Waals surface area contributed by atoms with Crippen LogP contribution < -0.4 is 15.8 Å². The maximum absolute atomic E-state index is 12.1. The van der Waals surface area contributed by atoms with E-state index >= 15 is 0 Å². The molecule has 0 radical (unpaired) electrons. The fourth-order valence-corrected chi connectivity index (χ4v) is 8.71. The standard InChI is InChI=1S/C27H36Cl2N6O3S/c1-4-39(36,37)35-14-27(15-35)12-34(13-27)23-8-5-18(10-31-23)26-20-9-19(6-7-22(20)32-33-26)38-17(3)24-21(28)11-30-16(2)25(24)29/h5,8,10-11,17,19-20,22,26,32-33H,4,6-7,9,12-15H2,1-3H3/t17-,19?,20?,22?,26?/m1/s1. The smallest absolute Gasteiger partial charge is 0.213 e. The van der Waals surface area contributed by atoms with Gasteiger partial charge in [0.1, 0.15) is 5.82 Å². The van der Waals surface area contributed by atoms with Gasteiger partial charge in [-0.2, -0.15) is 0 Å². The molecule has 2 aromatic heterocycles. The SMILES string of the molecule is CCS(=O)(=O)N1CC2(CN(c3ccc(C4NNC5CCC(O[C@H](C)c6c(Cl)cnc(C)c6Cl)CC54)cn3)C2)C1. The Morgan fingerprint density at radius 1 is 1.13 bits per heavy atom. The van der Waals surface area contributed by atoms with Crippen LogP contribution in [0, 0.1) is 18.3 Å². The van der Waals surface area contributed by atoms with Crippen LogP contribution in [-0.2, 0) is 14.8 Å². The maximum atomic E-state index is 12.1. The molecule has 1 saturated carbocycles. The second kappa shape index (κ2) is 10.4. The third-order valence-electron chi connectivity index (χ3n) is 8.98. The summed E-state index contributed by atoms with van der Waals surface area (Å²) in [4.78, 5) is 11.3. The molecule has 4 aliphatic rings. The topological polar surface area (TPSA) is 99.7 Å². The minimum atomic E-state index is -3.08. The molecule has 3 saturated heterocycles. The molecule has 12 heteroatoms. The quantitative estimate of drug-likeness (QED) is 0.495. The van der Waals surface area contributed by atoms with Gasteiger partial charge in [-0.1, -0.05) is 29.3 Å². The van der Waals surface area contributed by atoms with Crippen molar-refractivity contribution in [1.82, 2.24) is 25.1 Å². The summed E-state index contributed by atoms with van der Waals surface area (Å²) in [6.45, 7) is 8.54. The summed E-state index contributed by atoms with van der Waals surface area (Å²) in [5, 5.41) is 1.11. The van der Waals surface area contributed by atoms with Crippen molar-refractivity contribution in [3.05, 3.63) is 51.4 Å². The Morgan fingerprint density at radius 2 is 1.90 bits per heavy atom. The van der Waals surface area contributed by atoms with Gasteiger partial charge in [-0.15, -0.1) is 0 Å². The van der Waals surface area contributed by atoms with Gasteiger partial charge in [-0.05, 0) is 57.6 Å². The Morgan fingerprint density at radius 3 is 2.59 bits per heavy atom. The van der Waals surface area contributed by atoms with E-state index in [9.17, 15) is 8.42 Å². The number of anilines is 1. The number of hydrazine groups is 1. The summed E-state index contributed by atoms with van der Waals surface area (Å²) in [5.74, 6) is 1.49. The molecule has 6 rings (SSSR count). The lowest BCUT2D eigenvalue weighted by molar-refractivity contribution is -0.0370. The van der Waals surface area contributed by atoms with E-state index < -0.39 is 10.0 Å². The first-order valence-corrected chi connectivity index (χ1v) is 16.1. The van der Waals surface area contributed by atoms with Gasteiger partial charge in [-0.3, -0.25) is 10.4 Å². The number of nitrogens with zero attached hydrogens (tertiary/aromatic N) is 4.